The Kier molecular flexibility index (Phi) is 7.33. The first-order chi connectivity index (χ1) is 15.2. The van der Waals surface area contributed by atoms with Gasteiger partial charge in [-0.05, 0) is 56.9 Å². The highest BCUT2D eigenvalue weighted by molar-refractivity contribution is 6.15. The van der Waals surface area contributed by atoms with Gasteiger partial charge in [-0.15, -0.1) is 0 Å². The van der Waals surface area contributed by atoms with Gasteiger partial charge in [0.2, 0.25) is 11.8 Å². The summed E-state index contributed by atoms with van der Waals surface area (Å²) in [7, 11) is 1.09. The van der Waals surface area contributed by atoms with Crippen molar-refractivity contribution in [3.63, 3.8) is 0 Å². The van der Waals surface area contributed by atoms with E-state index < -0.39 is 48.4 Å². The largest absolute Gasteiger partial charge is 0.459 e. The number of fused-ring (bicyclic) bond motifs is 1. The maximum Gasteiger partial charge on any atom is 0.423 e. The minimum Gasteiger partial charge on any atom is -0.459 e. The Morgan fingerprint density at radius 1 is 1.31 bits per heavy atom. The third kappa shape index (κ3) is 4.41. The molecule has 1 aliphatic heterocycles. The van der Waals surface area contributed by atoms with Crippen molar-refractivity contribution in [1.29, 1.82) is 0 Å². The minimum atomic E-state index is -1.03. The molecule has 3 amide bonds. The van der Waals surface area contributed by atoms with Crippen molar-refractivity contribution in [2.45, 2.75) is 45.8 Å². The molecular formula is C23H29NO8. The lowest BCUT2D eigenvalue weighted by atomic mass is 9.68. The Labute approximate surface area is 186 Å². The number of likely N-dealkylation sites (tertiary alicyclic amines) is 1. The first-order valence-corrected chi connectivity index (χ1v) is 10.5. The van der Waals surface area contributed by atoms with Gasteiger partial charge in [-0.1, -0.05) is 11.1 Å². The van der Waals surface area contributed by atoms with Crippen LogP contribution in [0.15, 0.2) is 33.3 Å². The molecule has 2 aliphatic rings. The molecule has 0 radical (unpaired) electrons. The third-order valence-electron chi connectivity index (χ3n) is 6.28. The Hall–Kier alpha value is -2.75. The lowest BCUT2D eigenvalue weighted by Gasteiger charge is -2.35. The Balaban J connectivity index is 1.76. The van der Waals surface area contributed by atoms with Gasteiger partial charge in [0.15, 0.2) is 0 Å². The van der Waals surface area contributed by atoms with Gasteiger partial charge in [0.25, 0.3) is 0 Å². The number of amides is 3. The zero-order valence-electron chi connectivity index (χ0n) is 18.4. The van der Waals surface area contributed by atoms with E-state index in [1.54, 1.807) is 19.1 Å². The molecule has 0 aromatic carbocycles. The number of hydrogen-bond donors (Lipinski definition) is 3. The quantitative estimate of drug-likeness (QED) is 0.426. The SMILES string of the molecule is COC(=O)N1C(=O)[C@@H]2[C@@H](CC(C)=C([C@H](O)CC/C(C)=C/c3ccc(CO)o3)[C@@H]2CO)C1=O. The van der Waals surface area contributed by atoms with Gasteiger partial charge < -0.3 is 24.5 Å². The molecule has 3 N–H and O–H groups in total. The van der Waals surface area contributed by atoms with Crippen molar-refractivity contribution in [2.24, 2.45) is 17.8 Å². The van der Waals surface area contributed by atoms with Gasteiger partial charge in [-0.3, -0.25) is 9.59 Å². The number of rotatable bonds is 7. The number of nitrogens with zero attached hydrogens (tertiary/aromatic N) is 1. The van der Waals surface area contributed by atoms with Crippen LogP contribution >= 0.6 is 0 Å². The molecule has 0 spiro atoms. The highest BCUT2D eigenvalue weighted by Crippen LogP contribution is 2.46. The van der Waals surface area contributed by atoms with E-state index in [0.717, 1.165) is 18.3 Å². The van der Waals surface area contributed by atoms with Crippen LogP contribution in [-0.4, -0.2) is 57.9 Å². The second-order valence-electron chi connectivity index (χ2n) is 8.35. The molecule has 1 aromatic heterocycles. The average molecular weight is 447 g/mol. The highest BCUT2D eigenvalue weighted by atomic mass is 16.5. The first kappa shape index (κ1) is 23.9. The van der Waals surface area contributed by atoms with Gasteiger partial charge in [0, 0.05) is 5.92 Å². The number of ether oxygens (including phenoxy) is 1. The molecule has 0 unspecified atom stereocenters. The first-order valence-electron chi connectivity index (χ1n) is 10.5. The zero-order chi connectivity index (χ0) is 23.6. The number of methoxy groups -OCH3 is 1. The number of allylic oxidation sites excluding steroid dienone is 2. The van der Waals surface area contributed by atoms with E-state index in [2.05, 4.69) is 4.74 Å². The summed E-state index contributed by atoms with van der Waals surface area (Å²) in [6.45, 7) is 3.06. The van der Waals surface area contributed by atoms with Gasteiger partial charge >= 0.3 is 6.09 Å². The summed E-state index contributed by atoms with van der Waals surface area (Å²) in [5.74, 6) is -2.68. The summed E-state index contributed by atoms with van der Waals surface area (Å²) in [6, 6.07) is 3.43. The normalized spacial score (nSPS) is 24.8. The topological polar surface area (TPSA) is 138 Å². The molecular weight excluding hydrogens is 418 g/mol. The van der Waals surface area contributed by atoms with Crippen LogP contribution in [0.3, 0.4) is 0 Å². The van der Waals surface area contributed by atoms with Gasteiger partial charge in [-0.25, -0.2) is 4.79 Å². The molecule has 1 fully saturated rings. The van der Waals surface area contributed by atoms with Gasteiger partial charge in [0.1, 0.15) is 18.1 Å². The van der Waals surface area contributed by atoms with Crippen molar-refractivity contribution in [3.8, 4) is 0 Å². The molecule has 0 bridgehead atoms. The van der Waals surface area contributed by atoms with E-state index >= 15 is 0 Å². The fraction of sp³-hybridized carbons (Fsp3) is 0.522. The maximum absolute atomic E-state index is 12.8. The fourth-order valence-electron chi connectivity index (χ4n) is 4.78. The Morgan fingerprint density at radius 2 is 2.03 bits per heavy atom. The second kappa shape index (κ2) is 9.81. The zero-order valence-corrected chi connectivity index (χ0v) is 18.4. The minimum absolute atomic E-state index is 0.182. The average Bonchev–Trinajstić information content (AvgIpc) is 3.32. The molecule has 4 atom stereocenters. The van der Waals surface area contributed by atoms with Crippen LogP contribution in [0.1, 0.15) is 44.6 Å². The highest BCUT2D eigenvalue weighted by Gasteiger charge is 2.56. The number of carbonyl (C=O) groups is 3. The molecule has 9 nitrogen and oxygen atoms in total. The van der Waals surface area contributed by atoms with Crippen LogP contribution < -0.4 is 0 Å². The number of imide groups is 3. The summed E-state index contributed by atoms with van der Waals surface area (Å²) < 4.78 is 10.0. The van der Waals surface area contributed by atoms with Crippen molar-refractivity contribution in [1.82, 2.24) is 4.90 Å². The van der Waals surface area contributed by atoms with E-state index in [9.17, 15) is 24.6 Å². The molecule has 174 valence electrons. The van der Waals surface area contributed by atoms with Crippen molar-refractivity contribution in [3.05, 3.63) is 40.4 Å². The number of aliphatic hydroxyl groups is 3. The van der Waals surface area contributed by atoms with Crippen molar-refractivity contribution >= 4 is 24.0 Å². The van der Waals surface area contributed by atoms with E-state index in [1.165, 1.54) is 0 Å². The molecule has 9 heteroatoms. The molecule has 1 saturated heterocycles. The van der Waals surface area contributed by atoms with Crippen LogP contribution in [0.2, 0.25) is 0 Å². The number of carbonyl (C=O) groups excluding carboxylic acids is 3. The van der Waals surface area contributed by atoms with Crippen LogP contribution in [0.4, 0.5) is 4.79 Å². The predicted octanol–water partition coefficient (Wildman–Crippen LogP) is 2.01. The molecule has 3 rings (SSSR count). The van der Waals surface area contributed by atoms with Gasteiger partial charge in [-0.2, -0.15) is 4.90 Å². The lowest BCUT2D eigenvalue weighted by Crippen LogP contribution is -2.39. The third-order valence-corrected chi connectivity index (χ3v) is 6.28. The van der Waals surface area contributed by atoms with Crippen molar-refractivity contribution < 1.29 is 38.9 Å². The Bertz CT molecular complexity index is 959. The van der Waals surface area contributed by atoms with E-state index in [4.69, 9.17) is 9.52 Å². The fourth-order valence-corrected chi connectivity index (χ4v) is 4.78. The number of hydrogen-bond acceptors (Lipinski definition) is 8. The maximum atomic E-state index is 12.8. The number of furan rings is 1. The lowest BCUT2D eigenvalue weighted by molar-refractivity contribution is -0.137. The van der Waals surface area contributed by atoms with Crippen LogP contribution in [0.5, 0.6) is 0 Å². The van der Waals surface area contributed by atoms with E-state index in [-0.39, 0.29) is 13.0 Å². The molecule has 2 heterocycles. The molecule has 1 aliphatic carbocycles. The summed E-state index contributed by atoms with van der Waals surface area (Å²) >= 11 is 0. The van der Waals surface area contributed by atoms with Crippen LogP contribution in [0, 0.1) is 17.8 Å². The molecule has 1 aromatic rings. The summed E-state index contributed by atoms with van der Waals surface area (Å²) in [4.78, 5) is 37.9. The predicted molar refractivity (Wildman–Crippen MR) is 113 cm³/mol. The van der Waals surface area contributed by atoms with Crippen molar-refractivity contribution in [2.75, 3.05) is 13.7 Å². The second-order valence-corrected chi connectivity index (χ2v) is 8.35. The van der Waals surface area contributed by atoms with E-state index in [0.29, 0.717) is 34.8 Å². The van der Waals surface area contributed by atoms with E-state index in [1.807, 2.05) is 13.0 Å². The van der Waals surface area contributed by atoms with Gasteiger partial charge in [0.05, 0.1) is 31.7 Å². The Morgan fingerprint density at radius 3 is 2.62 bits per heavy atom. The standard InChI is InChI=1S/C23H29NO8/c1-12(8-14-5-6-15(10-25)32-14)4-7-18(27)19-13(2)9-16-20(17(19)11-26)22(29)24(21(16)28)23(30)31-3/h5-6,8,16-18,20,25-27H,4,7,9-11H2,1-3H3/b12-8+/t16-,17+,18-,20-/m1/s1. The van der Waals surface area contributed by atoms with Crippen LogP contribution in [0.25, 0.3) is 6.08 Å². The molecule has 32 heavy (non-hydrogen) atoms. The monoisotopic (exact) mass is 447 g/mol. The summed E-state index contributed by atoms with van der Waals surface area (Å²) in [5, 5.41) is 30.1. The number of aliphatic hydroxyl groups excluding tert-OH is 3. The smallest absolute Gasteiger partial charge is 0.423 e. The molecule has 0 saturated carbocycles. The summed E-state index contributed by atoms with van der Waals surface area (Å²) in [5.41, 5.74) is 2.24. The summed E-state index contributed by atoms with van der Waals surface area (Å²) in [6.07, 6.45) is 0.974. The van der Waals surface area contributed by atoms with Crippen LogP contribution in [-0.2, 0) is 20.9 Å².